The molecule has 0 saturated heterocycles. The fourth-order valence-electron chi connectivity index (χ4n) is 1.78. The topological polar surface area (TPSA) is 36.4 Å². The first kappa shape index (κ1) is 13.7. The Kier molecular flexibility index (Phi) is 4.89. The lowest BCUT2D eigenvalue weighted by Gasteiger charge is -2.10. The van der Waals surface area contributed by atoms with Gasteiger partial charge < -0.3 is 10.6 Å². The highest BCUT2D eigenvalue weighted by Crippen LogP contribution is 2.28. The molecule has 0 aliphatic heterocycles. The minimum atomic E-state index is 0.610. The summed E-state index contributed by atoms with van der Waals surface area (Å²) in [6.07, 6.45) is 2.21. The van der Waals surface area contributed by atoms with Crippen molar-refractivity contribution in [3.63, 3.8) is 0 Å². The average molecular weight is 286 g/mol. The van der Waals surface area contributed by atoms with Crippen molar-refractivity contribution in [1.82, 2.24) is 10.6 Å². The molecule has 2 unspecified atom stereocenters. The highest BCUT2D eigenvalue weighted by molar-refractivity contribution is 7.16. The molecule has 5 heteroatoms. The molecule has 1 aromatic heterocycles. The van der Waals surface area contributed by atoms with Gasteiger partial charge in [-0.15, -0.1) is 11.3 Å². The van der Waals surface area contributed by atoms with E-state index >= 15 is 0 Å². The van der Waals surface area contributed by atoms with Crippen LogP contribution in [-0.2, 0) is 6.42 Å². The summed E-state index contributed by atoms with van der Waals surface area (Å²) in [4.78, 5) is 5.88. The predicted molar refractivity (Wildman–Crippen MR) is 79.7 cm³/mol. The van der Waals surface area contributed by atoms with Crippen LogP contribution >= 0.6 is 22.9 Å². The van der Waals surface area contributed by atoms with Crippen LogP contribution in [0.3, 0.4) is 0 Å². The van der Waals surface area contributed by atoms with Crippen LogP contribution in [0.5, 0.6) is 0 Å². The van der Waals surface area contributed by atoms with E-state index in [1.807, 2.05) is 6.07 Å². The minimum absolute atomic E-state index is 0.610. The number of hydrogen-bond acceptors (Lipinski definition) is 2. The Bertz CT molecular complexity index is 416. The lowest BCUT2D eigenvalue weighted by atomic mass is 10.3. The van der Waals surface area contributed by atoms with Crippen molar-refractivity contribution >= 4 is 28.9 Å². The molecule has 1 saturated carbocycles. The second-order valence-electron chi connectivity index (χ2n) is 4.68. The maximum atomic E-state index is 5.90. The van der Waals surface area contributed by atoms with Crippen LogP contribution in [0.4, 0.5) is 0 Å². The summed E-state index contributed by atoms with van der Waals surface area (Å²) in [7, 11) is 0. The number of hydrogen-bond donors (Lipinski definition) is 2. The summed E-state index contributed by atoms with van der Waals surface area (Å²) in [5.74, 6) is 1.72. The first-order valence-electron chi connectivity index (χ1n) is 6.48. The van der Waals surface area contributed by atoms with Gasteiger partial charge in [0.2, 0.25) is 0 Å². The first-order chi connectivity index (χ1) is 8.69. The van der Waals surface area contributed by atoms with E-state index in [9.17, 15) is 0 Å². The maximum absolute atomic E-state index is 5.90. The van der Waals surface area contributed by atoms with Crippen molar-refractivity contribution in [2.45, 2.75) is 32.7 Å². The molecule has 1 fully saturated rings. The van der Waals surface area contributed by atoms with Gasteiger partial charge in [0.05, 0.1) is 4.34 Å². The molecule has 0 bridgehead atoms. The molecule has 2 N–H and O–H groups in total. The standard InChI is InChI=1S/C13H20ClN3S/c1-3-15-13(17-11-8-9(11)2)16-7-6-10-4-5-12(14)18-10/h4-5,9,11H,3,6-8H2,1-2H3,(H2,15,16,17). The lowest BCUT2D eigenvalue weighted by molar-refractivity contribution is 0.765. The Morgan fingerprint density at radius 1 is 1.56 bits per heavy atom. The van der Waals surface area contributed by atoms with Crippen molar-refractivity contribution in [2.75, 3.05) is 13.1 Å². The van der Waals surface area contributed by atoms with Gasteiger partial charge in [-0.1, -0.05) is 18.5 Å². The van der Waals surface area contributed by atoms with Gasteiger partial charge in [0, 0.05) is 30.4 Å². The number of thiophene rings is 1. The minimum Gasteiger partial charge on any atom is -0.357 e. The smallest absolute Gasteiger partial charge is 0.191 e. The summed E-state index contributed by atoms with van der Waals surface area (Å²) in [6.45, 7) is 6.05. The molecule has 1 heterocycles. The quantitative estimate of drug-likeness (QED) is 0.645. The number of rotatable bonds is 5. The fraction of sp³-hybridized carbons (Fsp3) is 0.615. The highest BCUT2D eigenvalue weighted by Gasteiger charge is 2.33. The third-order valence-electron chi connectivity index (χ3n) is 3.03. The summed E-state index contributed by atoms with van der Waals surface area (Å²) in [6, 6.07) is 4.63. The van der Waals surface area contributed by atoms with Gasteiger partial charge in [0.25, 0.3) is 0 Å². The van der Waals surface area contributed by atoms with Crippen molar-refractivity contribution < 1.29 is 0 Å². The summed E-state index contributed by atoms with van der Waals surface area (Å²) in [5, 5.41) is 6.73. The second kappa shape index (κ2) is 6.43. The van der Waals surface area contributed by atoms with Crippen LogP contribution in [0.25, 0.3) is 0 Å². The van der Waals surface area contributed by atoms with Gasteiger partial charge in [0.15, 0.2) is 5.96 Å². The molecule has 1 aliphatic rings. The Morgan fingerprint density at radius 2 is 2.33 bits per heavy atom. The Labute approximate surface area is 118 Å². The molecular weight excluding hydrogens is 266 g/mol. The molecule has 100 valence electrons. The van der Waals surface area contributed by atoms with Crippen LogP contribution in [0, 0.1) is 5.92 Å². The molecule has 1 aromatic rings. The molecule has 2 atom stereocenters. The third-order valence-corrected chi connectivity index (χ3v) is 4.32. The van der Waals surface area contributed by atoms with E-state index in [1.165, 1.54) is 11.3 Å². The van der Waals surface area contributed by atoms with E-state index in [2.05, 4.69) is 35.5 Å². The molecule has 0 amide bonds. The molecule has 18 heavy (non-hydrogen) atoms. The van der Waals surface area contributed by atoms with Crippen molar-refractivity contribution in [3.8, 4) is 0 Å². The van der Waals surface area contributed by atoms with Crippen LogP contribution in [0.1, 0.15) is 25.1 Å². The van der Waals surface area contributed by atoms with Crippen molar-refractivity contribution in [2.24, 2.45) is 10.9 Å². The molecule has 1 aliphatic carbocycles. The monoisotopic (exact) mass is 285 g/mol. The number of halogens is 1. The molecule has 3 nitrogen and oxygen atoms in total. The number of aliphatic imine (C=N–C) groups is 1. The van der Waals surface area contributed by atoms with E-state index in [-0.39, 0.29) is 0 Å². The van der Waals surface area contributed by atoms with Crippen molar-refractivity contribution in [3.05, 3.63) is 21.3 Å². The van der Waals surface area contributed by atoms with Crippen molar-refractivity contribution in [1.29, 1.82) is 0 Å². The van der Waals surface area contributed by atoms with E-state index in [0.29, 0.717) is 6.04 Å². The van der Waals surface area contributed by atoms with Gasteiger partial charge in [-0.05, 0) is 31.4 Å². The Morgan fingerprint density at radius 3 is 2.89 bits per heavy atom. The van der Waals surface area contributed by atoms with Gasteiger partial charge in [0.1, 0.15) is 0 Å². The summed E-state index contributed by atoms with van der Waals surface area (Å²) < 4.78 is 0.853. The van der Waals surface area contributed by atoms with Gasteiger partial charge in [-0.25, -0.2) is 0 Å². The zero-order valence-electron chi connectivity index (χ0n) is 10.9. The average Bonchev–Trinajstić information content (AvgIpc) is 2.85. The van der Waals surface area contributed by atoms with Gasteiger partial charge in [-0.3, -0.25) is 4.99 Å². The zero-order valence-corrected chi connectivity index (χ0v) is 12.4. The number of nitrogens with one attached hydrogen (secondary N) is 2. The van der Waals surface area contributed by atoms with Crippen LogP contribution < -0.4 is 10.6 Å². The number of nitrogens with zero attached hydrogens (tertiary/aromatic N) is 1. The second-order valence-corrected chi connectivity index (χ2v) is 6.48. The van der Waals surface area contributed by atoms with E-state index in [4.69, 9.17) is 11.6 Å². The molecule has 2 rings (SSSR count). The third kappa shape index (κ3) is 4.18. The van der Waals surface area contributed by atoms with E-state index in [1.54, 1.807) is 11.3 Å². The molecule has 0 radical (unpaired) electrons. The number of guanidine groups is 1. The van der Waals surface area contributed by atoms with Crippen LogP contribution in [0.15, 0.2) is 17.1 Å². The molecule has 0 spiro atoms. The van der Waals surface area contributed by atoms with E-state index in [0.717, 1.165) is 35.7 Å². The largest absolute Gasteiger partial charge is 0.357 e. The highest BCUT2D eigenvalue weighted by atomic mass is 35.5. The van der Waals surface area contributed by atoms with Crippen LogP contribution in [0.2, 0.25) is 4.34 Å². The fourth-order valence-corrected chi connectivity index (χ4v) is 2.86. The predicted octanol–water partition coefficient (Wildman–Crippen LogP) is 2.91. The Hall–Kier alpha value is -0.740. The van der Waals surface area contributed by atoms with Crippen LogP contribution in [-0.4, -0.2) is 25.1 Å². The summed E-state index contributed by atoms with van der Waals surface area (Å²) >= 11 is 7.54. The first-order valence-corrected chi connectivity index (χ1v) is 7.67. The van der Waals surface area contributed by atoms with Gasteiger partial charge >= 0.3 is 0 Å². The zero-order chi connectivity index (χ0) is 13.0. The SMILES string of the molecule is CCNC(=NCCc1ccc(Cl)s1)NC1CC1C. The summed E-state index contributed by atoms with van der Waals surface area (Å²) in [5.41, 5.74) is 0. The maximum Gasteiger partial charge on any atom is 0.191 e. The lowest BCUT2D eigenvalue weighted by Crippen LogP contribution is -2.39. The normalized spacial score (nSPS) is 22.9. The molecule has 0 aromatic carbocycles. The van der Waals surface area contributed by atoms with E-state index < -0.39 is 0 Å². The Balaban J connectivity index is 1.79. The molecular formula is C13H20ClN3S. The van der Waals surface area contributed by atoms with Gasteiger partial charge in [-0.2, -0.15) is 0 Å².